The Labute approximate surface area is 108 Å². The van der Waals surface area contributed by atoms with Crippen LogP contribution in [0.4, 0.5) is 0 Å². The molecule has 0 aromatic rings. The molecule has 0 aromatic carbocycles. The Balaban J connectivity index is 2.28. The van der Waals surface area contributed by atoms with Gasteiger partial charge in [-0.2, -0.15) is 0 Å². The number of hydrogen-bond acceptors (Lipinski definition) is 5. The molecular formula is C11H23BN2O4. The molecule has 0 saturated carbocycles. The first kappa shape index (κ1) is 15.4. The zero-order valence-electron chi connectivity index (χ0n) is 10.7. The van der Waals surface area contributed by atoms with Crippen molar-refractivity contribution in [2.75, 3.05) is 19.6 Å². The van der Waals surface area contributed by atoms with Gasteiger partial charge < -0.3 is 25.8 Å². The van der Waals surface area contributed by atoms with E-state index in [1.807, 2.05) is 0 Å². The molecule has 1 rings (SSSR count). The Hall–Kier alpha value is -0.625. The summed E-state index contributed by atoms with van der Waals surface area (Å²) in [6, 6.07) is 0. The summed E-state index contributed by atoms with van der Waals surface area (Å²) in [5, 5.41) is 26.6. The molecule has 104 valence electrons. The number of nitrogens with two attached hydrogens (primary N) is 1. The summed E-state index contributed by atoms with van der Waals surface area (Å²) < 4.78 is 0. The second kappa shape index (κ2) is 7.08. The number of aliphatic carboxylic acids is 1. The molecule has 0 spiro atoms. The summed E-state index contributed by atoms with van der Waals surface area (Å²) in [5.41, 5.74) is 4.75. The van der Waals surface area contributed by atoms with Crippen molar-refractivity contribution in [3.63, 3.8) is 0 Å². The van der Waals surface area contributed by atoms with E-state index in [2.05, 4.69) is 4.90 Å². The van der Waals surface area contributed by atoms with Crippen molar-refractivity contribution in [2.24, 2.45) is 5.73 Å². The van der Waals surface area contributed by atoms with Gasteiger partial charge in [0.05, 0.1) is 0 Å². The molecule has 1 heterocycles. The molecule has 18 heavy (non-hydrogen) atoms. The number of carboxylic acids is 1. The average Bonchev–Trinajstić information content (AvgIpc) is 2.21. The summed E-state index contributed by atoms with van der Waals surface area (Å²) >= 11 is 0. The minimum Gasteiger partial charge on any atom is -0.480 e. The zero-order chi connectivity index (χ0) is 13.6. The van der Waals surface area contributed by atoms with Gasteiger partial charge in [-0.1, -0.05) is 12.8 Å². The maximum absolute atomic E-state index is 11.2. The van der Waals surface area contributed by atoms with Crippen LogP contribution in [0, 0.1) is 0 Å². The van der Waals surface area contributed by atoms with Crippen LogP contribution in [0.2, 0.25) is 6.32 Å². The Kier molecular flexibility index (Phi) is 6.07. The first-order chi connectivity index (χ1) is 8.44. The normalized spacial score (nSPS) is 19.1. The lowest BCUT2D eigenvalue weighted by atomic mass is 9.81. The van der Waals surface area contributed by atoms with Gasteiger partial charge >= 0.3 is 13.1 Å². The maximum Gasteiger partial charge on any atom is 0.451 e. The van der Waals surface area contributed by atoms with Crippen LogP contribution in [0.25, 0.3) is 0 Å². The highest BCUT2D eigenvalue weighted by molar-refractivity contribution is 6.40. The minimum absolute atomic E-state index is 0.266. The second-order valence-corrected chi connectivity index (χ2v) is 5.13. The number of carboxylic acid groups (broad SMARTS) is 1. The molecule has 0 radical (unpaired) electrons. The highest BCUT2D eigenvalue weighted by Crippen LogP contribution is 2.19. The van der Waals surface area contributed by atoms with Gasteiger partial charge in [-0.3, -0.25) is 4.79 Å². The van der Waals surface area contributed by atoms with E-state index in [9.17, 15) is 9.90 Å². The van der Waals surface area contributed by atoms with Crippen molar-refractivity contribution < 1.29 is 19.9 Å². The van der Waals surface area contributed by atoms with E-state index in [1.54, 1.807) is 0 Å². The van der Waals surface area contributed by atoms with Gasteiger partial charge in [0.1, 0.15) is 5.54 Å². The van der Waals surface area contributed by atoms with Gasteiger partial charge in [0, 0.05) is 6.54 Å². The molecule has 1 aliphatic heterocycles. The number of rotatable bonds is 9. The minimum atomic E-state index is -1.32. The van der Waals surface area contributed by atoms with E-state index < -0.39 is 18.6 Å². The van der Waals surface area contributed by atoms with Crippen LogP contribution in [-0.4, -0.2) is 58.3 Å². The zero-order valence-corrected chi connectivity index (χ0v) is 10.7. The van der Waals surface area contributed by atoms with Crippen LogP contribution in [0.5, 0.6) is 0 Å². The smallest absolute Gasteiger partial charge is 0.451 e. The molecule has 0 aliphatic carbocycles. The molecule has 1 saturated heterocycles. The lowest BCUT2D eigenvalue weighted by Gasteiger charge is -2.34. The lowest BCUT2D eigenvalue weighted by Crippen LogP contribution is -2.51. The Bertz CT molecular complexity index is 274. The monoisotopic (exact) mass is 258 g/mol. The highest BCUT2D eigenvalue weighted by Gasteiger charge is 2.34. The first-order valence-corrected chi connectivity index (χ1v) is 6.55. The van der Waals surface area contributed by atoms with E-state index >= 15 is 0 Å². The summed E-state index contributed by atoms with van der Waals surface area (Å²) in [4.78, 5) is 13.4. The SMILES string of the molecule is NC(CCCCB(O)O)(CCN1CCC1)C(=O)O. The molecule has 1 fully saturated rings. The van der Waals surface area contributed by atoms with Crippen molar-refractivity contribution in [3.8, 4) is 0 Å². The fourth-order valence-electron chi connectivity index (χ4n) is 2.07. The predicted molar refractivity (Wildman–Crippen MR) is 69.1 cm³/mol. The number of nitrogens with zero attached hydrogens (tertiary/aromatic N) is 1. The van der Waals surface area contributed by atoms with E-state index in [1.165, 1.54) is 6.42 Å². The van der Waals surface area contributed by atoms with Gasteiger partial charge in [-0.25, -0.2) is 0 Å². The highest BCUT2D eigenvalue weighted by atomic mass is 16.4. The first-order valence-electron chi connectivity index (χ1n) is 6.55. The van der Waals surface area contributed by atoms with E-state index in [0.717, 1.165) is 19.6 Å². The van der Waals surface area contributed by atoms with Crippen molar-refractivity contribution in [1.82, 2.24) is 4.90 Å². The molecule has 6 nitrogen and oxygen atoms in total. The quantitative estimate of drug-likeness (QED) is 0.328. The molecule has 0 amide bonds. The average molecular weight is 258 g/mol. The Morgan fingerprint density at radius 3 is 2.39 bits per heavy atom. The molecule has 1 unspecified atom stereocenters. The molecule has 0 aromatic heterocycles. The summed E-state index contributed by atoms with van der Waals surface area (Å²) in [6.07, 6.45) is 3.45. The molecular weight excluding hydrogens is 235 g/mol. The van der Waals surface area contributed by atoms with Crippen molar-refractivity contribution in [2.45, 2.75) is 44.0 Å². The van der Waals surface area contributed by atoms with Crippen LogP contribution >= 0.6 is 0 Å². The molecule has 0 bridgehead atoms. The summed E-state index contributed by atoms with van der Waals surface area (Å²) in [7, 11) is -1.32. The third-order valence-corrected chi connectivity index (χ3v) is 3.58. The summed E-state index contributed by atoms with van der Waals surface area (Å²) in [5.74, 6) is -0.965. The van der Waals surface area contributed by atoms with Crippen molar-refractivity contribution >= 4 is 13.1 Å². The fourth-order valence-corrected chi connectivity index (χ4v) is 2.07. The van der Waals surface area contributed by atoms with E-state index in [-0.39, 0.29) is 6.32 Å². The molecule has 5 N–H and O–H groups in total. The van der Waals surface area contributed by atoms with Gasteiger partial charge in [0.15, 0.2) is 0 Å². The van der Waals surface area contributed by atoms with Gasteiger partial charge in [-0.05, 0) is 38.7 Å². The van der Waals surface area contributed by atoms with Crippen LogP contribution in [0.3, 0.4) is 0 Å². The van der Waals surface area contributed by atoms with Crippen LogP contribution in [0.15, 0.2) is 0 Å². The maximum atomic E-state index is 11.2. The Morgan fingerprint density at radius 1 is 1.28 bits per heavy atom. The number of likely N-dealkylation sites (tertiary alicyclic amines) is 1. The van der Waals surface area contributed by atoms with Crippen LogP contribution in [-0.2, 0) is 4.79 Å². The fraction of sp³-hybridized carbons (Fsp3) is 0.909. The van der Waals surface area contributed by atoms with E-state index in [0.29, 0.717) is 25.7 Å². The van der Waals surface area contributed by atoms with Gasteiger partial charge in [0.25, 0.3) is 0 Å². The molecule has 1 aliphatic rings. The van der Waals surface area contributed by atoms with Crippen LogP contribution in [0.1, 0.15) is 32.1 Å². The van der Waals surface area contributed by atoms with Crippen molar-refractivity contribution in [1.29, 1.82) is 0 Å². The third-order valence-electron chi connectivity index (χ3n) is 3.58. The topological polar surface area (TPSA) is 107 Å². The van der Waals surface area contributed by atoms with E-state index in [4.69, 9.17) is 15.8 Å². The second-order valence-electron chi connectivity index (χ2n) is 5.13. The number of carbonyl (C=O) groups is 1. The largest absolute Gasteiger partial charge is 0.480 e. The summed E-state index contributed by atoms with van der Waals surface area (Å²) in [6.45, 7) is 2.80. The van der Waals surface area contributed by atoms with Crippen molar-refractivity contribution in [3.05, 3.63) is 0 Å². The number of hydrogen-bond donors (Lipinski definition) is 4. The predicted octanol–water partition coefficient (Wildman–Crippen LogP) is -0.493. The number of unbranched alkanes of at least 4 members (excludes halogenated alkanes) is 1. The molecule has 7 heteroatoms. The lowest BCUT2D eigenvalue weighted by molar-refractivity contribution is -0.144. The third kappa shape index (κ3) is 4.93. The van der Waals surface area contributed by atoms with Gasteiger partial charge in [0.2, 0.25) is 0 Å². The standard InChI is InChI=1S/C11H23BN2O4/c13-11(10(15)16,4-1-2-6-12(17)18)5-9-14-7-3-8-14/h17-18H,1-9,13H2,(H,15,16). The van der Waals surface area contributed by atoms with Gasteiger partial charge in [-0.15, -0.1) is 0 Å². The molecule has 1 atom stereocenters. The Morgan fingerprint density at radius 2 is 1.94 bits per heavy atom. The van der Waals surface area contributed by atoms with Crippen LogP contribution < -0.4 is 5.73 Å².